The Labute approximate surface area is 121 Å². The standard InChI is InChI=1S/C14H14F2N2O2S/c1-17-21(19,20)11-7-5-10(6-8-11)18-9-12-13(15)3-2-4-14(12)16/h2-8,17-18H,9H2,1H3. The van der Waals surface area contributed by atoms with Crippen LogP contribution in [0.1, 0.15) is 5.56 Å². The van der Waals surface area contributed by atoms with Crippen molar-refractivity contribution in [3.8, 4) is 0 Å². The van der Waals surface area contributed by atoms with Crippen molar-refractivity contribution in [1.82, 2.24) is 4.72 Å². The minimum absolute atomic E-state index is 0.0311. The van der Waals surface area contributed by atoms with E-state index in [1.807, 2.05) is 0 Å². The van der Waals surface area contributed by atoms with Crippen molar-refractivity contribution >= 4 is 15.7 Å². The fourth-order valence-corrected chi connectivity index (χ4v) is 2.49. The van der Waals surface area contributed by atoms with Gasteiger partial charge in [-0.2, -0.15) is 0 Å². The molecule has 0 amide bonds. The molecule has 0 atom stereocenters. The first-order chi connectivity index (χ1) is 9.94. The topological polar surface area (TPSA) is 58.2 Å². The summed E-state index contributed by atoms with van der Waals surface area (Å²) in [7, 11) is -2.17. The van der Waals surface area contributed by atoms with Crippen LogP contribution in [0.25, 0.3) is 0 Å². The van der Waals surface area contributed by atoms with Gasteiger partial charge >= 0.3 is 0 Å². The van der Waals surface area contributed by atoms with Crippen LogP contribution in [0, 0.1) is 11.6 Å². The Bertz CT molecular complexity index is 711. The van der Waals surface area contributed by atoms with E-state index in [-0.39, 0.29) is 17.0 Å². The van der Waals surface area contributed by atoms with E-state index in [0.717, 1.165) is 0 Å². The molecule has 21 heavy (non-hydrogen) atoms. The molecule has 0 saturated carbocycles. The number of sulfonamides is 1. The van der Waals surface area contributed by atoms with E-state index < -0.39 is 21.7 Å². The number of hydrogen-bond acceptors (Lipinski definition) is 3. The first-order valence-electron chi connectivity index (χ1n) is 6.14. The summed E-state index contributed by atoms with van der Waals surface area (Å²) in [6, 6.07) is 9.54. The van der Waals surface area contributed by atoms with Crippen LogP contribution in [0.2, 0.25) is 0 Å². The van der Waals surface area contributed by atoms with Crippen LogP contribution in [-0.2, 0) is 16.6 Å². The summed E-state index contributed by atoms with van der Waals surface area (Å²) in [4.78, 5) is 0.118. The molecular formula is C14H14F2N2O2S. The van der Waals surface area contributed by atoms with Crippen LogP contribution in [0.5, 0.6) is 0 Å². The van der Waals surface area contributed by atoms with E-state index in [0.29, 0.717) is 5.69 Å². The molecule has 0 aliphatic heterocycles. The molecule has 0 aliphatic carbocycles. The van der Waals surface area contributed by atoms with E-state index in [2.05, 4.69) is 10.0 Å². The molecule has 0 bridgehead atoms. The van der Waals surface area contributed by atoms with Gasteiger partial charge in [-0.05, 0) is 43.4 Å². The summed E-state index contributed by atoms with van der Waals surface area (Å²) in [5, 5.41) is 2.84. The Balaban J connectivity index is 2.12. The SMILES string of the molecule is CNS(=O)(=O)c1ccc(NCc2c(F)cccc2F)cc1. The maximum Gasteiger partial charge on any atom is 0.240 e. The first kappa shape index (κ1) is 15.4. The van der Waals surface area contributed by atoms with Crippen LogP contribution in [0.4, 0.5) is 14.5 Å². The molecule has 0 spiro atoms. The molecule has 2 N–H and O–H groups in total. The van der Waals surface area contributed by atoms with Gasteiger partial charge < -0.3 is 5.32 Å². The van der Waals surface area contributed by atoms with Gasteiger partial charge in [0.25, 0.3) is 0 Å². The molecule has 0 unspecified atom stereocenters. The van der Waals surface area contributed by atoms with E-state index >= 15 is 0 Å². The summed E-state index contributed by atoms with van der Waals surface area (Å²) < 4.78 is 52.2. The maximum atomic E-state index is 13.5. The highest BCUT2D eigenvalue weighted by Gasteiger charge is 2.11. The molecule has 0 radical (unpaired) electrons. The summed E-state index contributed by atoms with van der Waals surface area (Å²) >= 11 is 0. The third-order valence-corrected chi connectivity index (χ3v) is 4.39. The lowest BCUT2D eigenvalue weighted by Gasteiger charge is -2.09. The largest absolute Gasteiger partial charge is 0.381 e. The molecule has 7 heteroatoms. The van der Waals surface area contributed by atoms with Gasteiger partial charge in [0.05, 0.1) is 4.90 Å². The second kappa shape index (κ2) is 6.19. The third kappa shape index (κ3) is 3.56. The zero-order valence-electron chi connectivity index (χ0n) is 11.2. The van der Waals surface area contributed by atoms with Crippen molar-refractivity contribution in [3.63, 3.8) is 0 Å². The number of halogens is 2. The fraction of sp³-hybridized carbons (Fsp3) is 0.143. The zero-order valence-corrected chi connectivity index (χ0v) is 12.0. The molecule has 0 aromatic heterocycles. The summed E-state index contributed by atoms with van der Waals surface area (Å²) in [5.74, 6) is -1.26. The van der Waals surface area contributed by atoms with Crippen LogP contribution in [-0.4, -0.2) is 15.5 Å². The highest BCUT2D eigenvalue weighted by molar-refractivity contribution is 7.89. The Morgan fingerprint density at radius 1 is 1.00 bits per heavy atom. The van der Waals surface area contributed by atoms with Crippen molar-refractivity contribution in [2.45, 2.75) is 11.4 Å². The van der Waals surface area contributed by atoms with Gasteiger partial charge in [0.15, 0.2) is 0 Å². The molecular weight excluding hydrogens is 298 g/mol. The number of nitrogens with one attached hydrogen (secondary N) is 2. The molecule has 0 heterocycles. The van der Waals surface area contributed by atoms with Gasteiger partial charge in [-0.1, -0.05) is 6.07 Å². The van der Waals surface area contributed by atoms with Crippen molar-refractivity contribution in [1.29, 1.82) is 0 Å². The number of hydrogen-bond donors (Lipinski definition) is 2. The average molecular weight is 312 g/mol. The third-order valence-electron chi connectivity index (χ3n) is 2.96. The van der Waals surface area contributed by atoms with Gasteiger partial charge in [0.1, 0.15) is 11.6 Å². The van der Waals surface area contributed by atoms with Gasteiger partial charge in [-0.3, -0.25) is 0 Å². The van der Waals surface area contributed by atoms with Crippen LogP contribution in [0.3, 0.4) is 0 Å². The van der Waals surface area contributed by atoms with Gasteiger partial charge in [0, 0.05) is 17.8 Å². The van der Waals surface area contributed by atoms with E-state index in [9.17, 15) is 17.2 Å². The lowest BCUT2D eigenvalue weighted by molar-refractivity contribution is 0.560. The Morgan fingerprint density at radius 2 is 1.57 bits per heavy atom. The Hall–Kier alpha value is -1.99. The molecule has 0 aliphatic rings. The molecule has 0 saturated heterocycles. The monoisotopic (exact) mass is 312 g/mol. The highest BCUT2D eigenvalue weighted by Crippen LogP contribution is 2.17. The smallest absolute Gasteiger partial charge is 0.240 e. The minimum atomic E-state index is -3.49. The number of anilines is 1. The second-order valence-corrected chi connectivity index (χ2v) is 6.17. The molecule has 2 rings (SSSR count). The Morgan fingerprint density at radius 3 is 2.10 bits per heavy atom. The highest BCUT2D eigenvalue weighted by atomic mass is 32.2. The molecule has 2 aromatic carbocycles. The maximum absolute atomic E-state index is 13.5. The van der Waals surface area contributed by atoms with Crippen LogP contribution in [0.15, 0.2) is 47.4 Å². The summed E-state index contributed by atoms with van der Waals surface area (Å²) in [6.07, 6.45) is 0. The van der Waals surface area contributed by atoms with Crippen molar-refractivity contribution in [3.05, 3.63) is 59.7 Å². The lowest BCUT2D eigenvalue weighted by atomic mass is 10.2. The molecule has 0 fully saturated rings. The zero-order chi connectivity index (χ0) is 15.5. The first-order valence-corrected chi connectivity index (χ1v) is 7.63. The average Bonchev–Trinajstić information content (AvgIpc) is 2.47. The quantitative estimate of drug-likeness (QED) is 0.892. The molecule has 2 aromatic rings. The molecule has 4 nitrogen and oxygen atoms in total. The van der Waals surface area contributed by atoms with Gasteiger partial charge in [-0.15, -0.1) is 0 Å². The van der Waals surface area contributed by atoms with Gasteiger partial charge in [-0.25, -0.2) is 21.9 Å². The number of benzene rings is 2. The predicted octanol–water partition coefficient (Wildman–Crippen LogP) is 2.49. The summed E-state index contributed by atoms with van der Waals surface area (Å²) in [6.45, 7) is -0.0311. The van der Waals surface area contributed by atoms with Crippen molar-refractivity contribution in [2.24, 2.45) is 0 Å². The molecule has 112 valence electrons. The van der Waals surface area contributed by atoms with E-state index in [1.165, 1.54) is 49.5 Å². The van der Waals surface area contributed by atoms with Crippen molar-refractivity contribution < 1.29 is 17.2 Å². The van der Waals surface area contributed by atoms with Crippen LogP contribution >= 0.6 is 0 Å². The second-order valence-electron chi connectivity index (χ2n) is 4.29. The number of rotatable bonds is 5. The lowest BCUT2D eigenvalue weighted by Crippen LogP contribution is -2.18. The van der Waals surface area contributed by atoms with E-state index in [1.54, 1.807) is 0 Å². The van der Waals surface area contributed by atoms with E-state index in [4.69, 9.17) is 0 Å². The van der Waals surface area contributed by atoms with Crippen LogP contribution < -0.4 is 10.0 Å². The van der Waals surface area contributed by atoms with Crippen molar-refractivity contribution in [2.75, 3.05) is 12.4 Å². The Kier molecular flexibility index (Phi) is 4.54. The minimum Gasteiger partial charge on any atom is -0.381 e. The fourth-order valence-electron chi connectivity index (χ4n) is 1.76. The van der Waals surface area contributed by atoms with Gasteiger partial charge in [0.2, 0.25) is 10.0 Å². The predicted molar refractivity (Wildman–Crippen MR) is 76.4 cm³/mol. The summed E-state index contributed by atoms with van der Waals surface area (Å²) in [5.41, 5.74) is 0.497. The normalized spacial score (nSPS) is 11.4.